The highest BCUT2D eigenvalue weighted by Gasteiger charge is 2.20. The molecule has 0 unspecified atom stereocenters. The summed E-state index contributed by atoms with van der Waals surface area (Å²) in [5.41, 5.74) is 0. The van der Waals surface area contributed by atoms with Crippen LogP contribution in [-0.2, 0) is 11.3 Å². The zero-order valence-corrected chi connectivity index (χ0v) is 16.3. The van der Waals surface area contributed by atoms with Crippen molar-refractivity contribution in [1.29, 1.82) is 0 Å². The number of halogens is 1. The number of furan rings is 1. The minimum Gasteiger partial charge on any atom is -0.467 e. The minimum absolute atomic E-state index is 0. The summed E-state index contributed by atoms with van der Waals surface area (Å²) < 4.78 is 5.16. The lowest BCUT2D eigenvalue weighted by atomic mass is 9.93. The lowest BCUT2D eigenvalue weighted by Gasteiger charge is -2.27. The number of aliphatic hydroxyl groups is 1. The van der Waals surface area contributed by atoms with E-state index in [9.17, 15) is 9.90 Å². The highest BCUT2D eigenvalue weighted by Crippen LogP contribution is 2.18. The first kappa shape index (κ1) is 20.8. The Bertz CT molecular complexity index is 499. The monoisotopic (exact) mass is 450 g/mol. The number of aliphatic imine (C=N–C) groups is 1. The van der Waals surface area contributed by atoms with Crippen molar-refractivity contribution in [2.45, 2.75) is 51.3 Å². The number of carbonyl (C=O) groups is 1. The Morgan fingerprint density at radius 2 is 2.08 bits per heavy atom. The summed E-state index contributed by atoms with van der Waals surface area (Å²) in [6, 6.07) is 3.89. The molecule has 4 N–H and O–H groups in total. The van der Waals surface area contributed by atoms with E-state index in [1.807, 2.05) is 13.0 Å². The average Bonchev–Trinajstić information content (AvgIpc) is 3.06. The molecule has 7 nitrogen and oxygen atoms in total. The maximum absolute atomic E-state index is 11.8. The fraction of sp³-hybridized carbons (Fsp3) is 0.625. The molecule has 0 aromatic carbocycles. The molecule has 1 saturated carbocycles. The van der Waals surface area contributed by atoms with Gasteiger partial charge in [-0.2, -0.15) is 0 Å². The Morgan fingerprint density at radius 3 is 2.71 bits per heavy atom. The van der Waals surface area contributed by atoms with E-state index in [-0.39, 0.29) is 42.5 Å². The number of hydrogen-bond acceptors (Lipinski definition) is 4. The summed E-state index contributed by atoms with van der Waals surface area (Å²) in [4.78, 5) is 16.1. The van der Waals surface area contributed by atoms with Crippen LogP contribution in [0.1, 0.15) is 38.4 Å². The quantitative estimate of drug-likeness (QED) is 0.298. The van der Waals surface area contributed by atoms with Crippen molar-refractivity contribution in [2.75, 3.05) is 13.1 Å². The van der Waals surface area contributed by atoms with Crippen LogP contribution in [0, 0.1) is 0 Å². The first-order chi connectivity index (χ1) is 11.2. The van der Waals surface area contributed by atoms with Crippen LogP contribution in [-0.4, -0.2) is 42.2 Å². The third kappa shape index (κ3) is 7.52. The molecule has 2 rings (SSSR count). The molecular formula is C16H27IN4O3. The molecule has 8 heteroatoms. The number of guanidine groups is 1. The topological polar surface area (TPSA) is 98.9 Å². The summed E-state index contributed by atoms with van der Waals surface area (Å²) in [5, 5.41) is 18.8. The van der Waals surface area contributed by atoms with Crippen LogP contribution in [0.5, 0.6) is 0 Å². The van der Waals surface area contributed by atoms with E-state index >= 15 is 0 Å². The smallest absolute Gasteiger partial charge is 0.242 e. The van der Waals surface area contributed by atoms with Crippen molar-refractivity contribution < 1.29 is 14.3 Å². The van der Waals surface area contributed by atoms with Gasteiger partial charge in [-0.3, -0.25) is 4.79 Å². The maximum Gasteiger partial charge on any atom is 0.242 e. The van der Waals surface area contributed by atoms with Crippen LogP contribution in [0.25, 0.3) is 0 Å². The van der Waals surface area contributed by atoms with Gasteiger partial charge in [0.1, 0.15) is 12.3 Å². The van der Waals surface area contributed by atoms with Gasteiger partial charge in [0, 0.05) is 12.6 Å². The molecule has 0 saturated heterocycles. The Kier molecular flexibility index (Phi) is 9.77. The molecule has 1 fully saturated rings. The molecular weight excluding hydrogens is 423 g/mol. The normalized spacial score (nSPS) is 20.8. The molecule has 1 aliphatic rings. The lowest BCUT2D eigenvalue weighted by Crippen LogP contribution is -2.45. The molecule has 0 radical (unpaired) electrons. The third-order valence-electron chi connectivity index (χ3n) is 3.80. The fourth-order valence-corrected chi connectivity index (χ4v) is 2.54. The highest BCUT2D eigenvalue weighted by molar-refractivity contribution is 14.0. The van der Waals surface area contributed by atoms with Gasteiger partial charge in [0.25, 0.3) is 0 Å². The maximum atomic E-state index is 11.8. The number of nitrogens with one attached hydrogen (secondary N) is 3. The van der Waals surface area contributed by atoms with Crippen LogP contribution >= 0.6 is 24.0 Å². The van der Waals surface area contributed by atoms with Crippen molar-refractivity contribution in [3.8, 4) is 0 Å². The number of rotatable bonds is 6. The van der Waals surface area contributed by atoms with Gasteiger partial charge in [0.05, 0.1) is 18.9 Å². The van der Waals surface area contributed by atoms with E-state index in [0.717, 1.165) is 32.2 Å². The van der Waals surface area contributed by atoms with Gasteiger partial charge in [-0.1, -0.05) is 0 Å². The molecule has 24 heavy (non-hydrogen) atoms. The van der Waals surface area contributed by atoms with Crippen molar-refractivity contribution in [1.82, 2.24) is 16.0 Å². The first-order valence-electron chi connectivity index (χ1n) is 8.19. The largest absolute Gasteiger partial charge is 0.467 e. The number of amides is 1. The summed E-state index contributed by atoms with van der Waals surface area (Å²) in [5.74, 6) is 1.20. The predicted molar refractivity (Wildman–Crippen MR) is 103 cm³/mol. The van der Waals surface area contributed by atoms with Crippen LogP contribution < -0.4 is 16.0 Å². The van der Waals surface area contributed by atoms with Gasteiger partial charge in [-0.05, 0) is 44.7 Å². The lowest BCUT2D eigenvalue weighted by molar-refractivity contribution is -0.119. The second kappa shape index (κ2) is 11.3. The van der Waals surface area contributed by atoms with Crippen molar-refractivity contribution >= 4 is 35.8 Å². The Labute approximate surface area is 159 Å². The molecule has 1 heterocycles. The molecule has 0 aliphatic heterocycles. The van der Waals surface area contributed by atoms with Crippen molar-refractivity contribution in [3.05, 3.63) is 24.2 Å². The summed E-state index contributed by atoms with van der Waals surface area (Å²) in [7, 11) is 0. The third-order valence-corrected chi connectivity index (χ3v) is 3.80. The zero-order valence-electron chi connectivity index (χ0n) is 14.0. The highest BCUT2D eigenvalue weighted by atomic mass is 127. The number of carbonyl (C=O) groups excluding carboxylic acids is 1. The van der Waals surface area contributed by atoms with Crippen LogP contribution in [0.4, 0.5) is 0 Å². The Balaban J connectivity index is 0.00000288. The average molecular weight is 450 g/mol. The summed E-state index contributed by atoms with van der Waals surface area (Å²) >= 11 is 0. The second-order valence-corrected chi connectivity index (χ2v) is 5.70. The van der Waals surface area contributed by atoms with Gasteiger partial charge >= 0.3 is 0 Å². The Hall–Kier alpha value is -1.29. The summed E-state index contributed by atoms with van der Waals surface area (Å²) in [6.45, 7) is 3.14. The standard InChI is InChI=1S/C16H26N4O3.HI/c1-2-17-16(20-12-5-7-13(21)8-6-12)19-11-15(22)18-10-14-4-3-9-23-14;/h3-4,9,12-13,21H,2,5-8,10-11H2,1H3,(H,18,22)(H2,17,19,20);1H. The summed E-state index contributed by atoms with van der Waals surface area (Å²) in [6.07, 6.45) is 4.84. The number of nitrogens with zero attached hydrogens (tertiary/aromatic N) is 1. The Morgan fingerprint density at radius 1 is 1.33 bits per heavy atom. The number of aliphatic hydroxyl groups excluding tert-OH is 1. The van der Waals surface area contributed by atoms with E-state index in [4.69, 9.17) is 4.42 Å². The molecule has 1 aromatic rings. The van der Waals surface area contributed by atoms with E-state index in [2.05, 4.69) is 20.9 Å². The molecule has 136 valence electrons. The first-order valence-corrected chi connectivity index (χ1v) is 8.19. The van der Waals surface area contributed by atoms with Gasteiger partial charge < -0.3 is 25.5 Å². The fourth-order valence-electron chi connectivity index (χ4n) is 2.54. The van der Waals surface area contributed by atoms with E-state index < -0.39 is 0 Å². The second-order valence-electron chi connectivity index (χ2n) is 5.70. The van der Waals surface area contributed by atoms with Gasteiger partial charge in [0.2, 0.25) is 5.91 Å². The molecule has 1 aromatic heterocycles. The molecule has 1 amide bonds. The van der Waals surface area contributed by atoms with E-state index in [0.29, 0.717) is 24.3 Å². The SMILES string of the molecule is CCNC(=NCC(=O)NCc1ccco1)NC1CCC(O)CC1.I. The number of hydrogen-bond donors (Lipinski definition) is 4. The van der Waals surface area contributed by atoms with Crippen LogP contribution in [0.15, 0.2) is 27.8 Å². The van der Waals surface area contributed by atoms with Crippen LogP contribution in [0.3, 0.4) is 0 Å². The van der Waals surface area contributed by atoms with E-state index in [1.165, 1.54) is 0 Å². The predicted octanol–water partition coefficient (Wildman–Crippen LogP) is 1.37. The van der Waals surface area contributed by atoms with E-state index in [1.54, 1.807) is 12.3 Å². The van der Waals surface area contributed by atoms with Crippen molar-refractivity contribution in [2.24, 2.45) is 4.99 Å². The van der Waals surface area contributed by atoms with Crippen LogP contribution in [0.2, 0.25) is 0 Å². The zero-order chi connectivity index (χ0) is 16.5. The molecule has 0 atom stereocenters. The molecule has 0 spiro atoms. The van der Waals surface area contributed by atoms with Gasteiger partial charge in [-0.15, -0.1) is 24.0 Å². The molecule has 0 bridgehead atoms. The van der Waals surface area contributed by atoms with Crippen molar-refractivity contribution in [3.63, 3.8) is 0 Å². The van der Waals surface area contributed by atoms with Gasteiger partial charge in [-0.25, -0.2) is 4.99 Å². The van der Waals surface area contributed by atoms with Gasteiger partial charge in [0.15, 0.2) is 5.96 Å². The molecule has 1 aliphatic carbocycles. The minimum atomic E-state index is -0.181.